The van der Waals surface area contributed by atoms with Crippen molar-refractivity contribution in [2.75, 3.05) is 4.90 Å². The van der Waals surface area contributed by atoms with Crippen molar-refractivity contribution in [2.24, 2.45) is 0 Å². The molecule has 0 aliphatic carbocycles. The fourth-order valence-corrected chi connectivity index (χ4v) is 22.3. The first-order valence-corrected chi connectivity index (χ1v) is 28.0. The predicted octanol–water partition coefficient (Wildman–Crippen LogP) is 11.2. The lowest BCUT2D eigenvalue weighted by atomic mass is 10.00. The van der Waals surface area contributed by atoms with Crippen LogP contribution in [0.25, 0.3) is 44.5 Å². The van der Waals surface area contributed by atoms with Crippen LogP contribution in [-0.4, -0.2) is 16.1 Å². The molecule has 0 atom stereocenters. The van der Waals surface area contributed by atoms with Gasteiger partial charge in [0.25, 0.3) is 0 Å². The van der Waals surface area contributed by atoms with Crippen LogP contribution < -0.4 is 46.4 Å². The molecule has 2 heterocycles. The molecular formula is C66H47NSi2. The van der Waals surface area contributed by atoms with Gasteiger partial charge in [-0.15, -0.1) is 0 Å². The van der Waals surface area contributed by atoms with Crippen LogP contribution in [-0.2, 0) is 0 Å². The number of nitrogens with zero attached hydrogens (tertiary/aromatic N) is 1. The second-order valence-electron chi connectivity index (χ2n) is 18.3. The molecular weight excluding hydrogens is 863 g/mol. The molecule has 2 aliphatic heterocycles. The Morgan fingerprint density at radius 2 is 0.551 bits per heavy atom. The van der Waals surface area contributed by atoms with Crippen LogP contribution >= 0.6 is 0 Å². The number of anilines is 3. The van der Waals surface area contributed by atoms with E-state index in [1.54, 1.807) is 0 Å². The molecule has 0 spiro atoms. The van der Waals surface area contributed by atoms with Gasteiger partial charge in [-0.1, -0.05) is 249 Å². The molecule has 3 heteroatoms. The van der Waals surface area contributed by atoms with Crippen molar-refractivity contribution in [3.8, 4) is 44.5 Å². The second kappa shape index (κ2) is 16.8. The van der Waals surface area contributed by atoms with Gasteiger partial charge in [0, 0.05) is 17.1 Å². The van der Waals surface area contributed by atoms with Crippen LogP contribution in [0.5, 0.6) is 0 Å². The average Bonchev–Trinajstić information content (AvgIpc) is 3.91. The first kappa shape index (κ1) is 40.9. The highest BCUT2D eigenvalue weighted by atomic mass is 28.3. The lowest BCUT2D eigenvalue weighted by molar-refractivity contribution is 1.29. The van der Waals surface area contributed by atoms with Gasteiger partial charge in [0.15, 0.2) is 16.1 Å². The summed E-state index contributed by atoms with van der Waals surface area (Å²) < 4.78 is 0. The van der Waals surface area contributed by atoms with E-state index in [-0.39, 0.29) is 0 Å². The van der Waals surface area contributed by atoms with Crippen LogP contribution in [0.2, 0.25) is 0 Å². The zero-order chi connectivity index (χ0) is 45.8. The minimum absolute atomic E-state index is 1.11. The summed E-state index contributed by atoms with van der Waals surface area (Å²) in [5.74, 6) is 0. The molecule has 324 valence electrons. The normalized spacial score (nSPS) is 13.4. The zero-order valence-electron chi connectivity index (χ0n) is 38.1. The van der Waals surface area contributed by atoms with E-state index in [4.69, 9.17) is 0 Å². The van der Waals surface area contributed by atoms with Crippen molar-refractivity contribution < 1.29 is 0 Å². The van der Waals surface area contributed by atoms with Gasteiger partial charge in [0.2, 0.25) is 0 Å². The highest BCUT2D eigenvalue weighted by molar-refractivity contribution is 7.23. The van der Waals surface area contributed by atoms with E-state index >= 15 is 0 Å². The lowest BCUT2D eigenvalue weighted by Gasteiger charge is -2.33. The van der Waals surface area contributed by atoms with Crippen LogP contribution in [0.3, 0.4) is 0 Å². The van der Waals surface area contributed by atoms with Crippen LogP contribution in [0.15, 0.2) is 285 Å². The van der Waals surface area contributed by atoms with Gasteiger partial charge in [-0.2, -0.15) is 0 Å². The first-order chi connectivity index (χ1) is 34.2. The predicted molar refractivity (Wildman–Crippen MR) is 297 cm³/mol. The number of rotatable bonds is 9. The Morgan fingerprint density at radius 1 is 0.203 bits per heavy atom. The molecule has 11 aromatic carbocycles. The first-order valence-electron chi connectivity index (χ1n) is 24.0. The summed E-state index contributed by atoms with van der Waals surface area (Å²) in [5, 5.41) is 11.4. The molecule has 2 aliphatic rings. The summed E-state index contributed by atoms with van der Waals surface area (Å²) in [6.07, 6.45) is 0. The molecule has 13 rings (SSSR count). The molecule has 0 amide bonds. The Balaban J connectivity index is 0.964. The topological polar surface area (TPSA) is 3.24 Å². The van der Waals surface area contributed by atoms with Gasteiger partial charge >= 0.3 is 0 Å². The Bertz CT molecular complexity index is 3560. The molecule has 0 saturated heterocycles. The Hall–Kier alpha value is -8.35. The average molecular weight is 910 g/mol. The van der Waals surface area contributed by atoms with E-state index in [1.807, 2.05) is 0 Å². The van der Waals surface area contributed by atoms with Crippen molar-refractivity contribution in [1.82, 2.24) is 0 Å². The maximum Gasteiger partial charge on any atom is 0.180 e. The minimum Gasteiger partial charge on any atom is -0.311 e. The van der Waals surface area contributed by atoms with Gasteiger partial charge in [-0.05, 0) is 122 Å². The van der Waals surface area contributed by atoms with E-state index in [2.05, 4.69) is 290 Å². The summed E-state index contributed by atoms with van der Waals surface area (Å²) in [6.45, 7) is 0. The fourth-order valence-electron chi connectivity index (χ4n) is 11.9. The smallest absolute Gasteiger partial charge is 0.180 e. The molecule has 11 aromatic rings. The Morgan fingerprint density at radius 3 is 1.03 bits per heavy atom. The van der Waals surface area contributed by atoms with Crippen molar-refractivity contribution in [2.45, 2.75) is 0 Å². The highest BCUT2D eigenvalue weighted by Gasteiger charge is 2.50. The molecule has 0 radical (unpaired) electrons. The van der Waals surface area contributed by atoms with E-state index in [1.165, 1.54) is 86.0 Å². The molecule has 0 saturated carbocycles. The standard InChI is InChI=1S/C66H47NSi2/c1-5-20-48(21-6-1)49-36-41-52(42-37-49)67(54-22-19-29-58(47-54)69(57-27-11-4-12-28-57)64-34-17-13-30-59(64)60-31-14-18-35-65(60)69)53-43-38-50(39-44-53)51-40-45-62-61-32-15-16-33-63(61)68(66(62)46-51,55-23-7-2-8-24-55)56-25-9-3-10-26-56/h1-47H. The molecule has 0 fully saturated rings. The summed E-state index contributed by atoms with van der Waals surface area (Å²) in [7, 11) is -5.36. The van der Waals surface area contributed by atoms with Gasteiger partial charge in [-0.25, -0.2) is 0 Å². The summed E-state index contributed by atoms with van der Waals surface area (Å²) >= 11 is 0. The Labute approximate surface area is 407 Å². The molecule has 0 bridgehead atoms. The third-order valence-corrected chi connectivity index (χ3v) is 24.6. The van der Waals surface area contributed by atoms with Gasteiger partial charge < -0.3 is 4.90 Å². The number of hydrogen-bond donors (Lipinski definition) is 0. The van der Waals surface area contributed by atoms with E-state index < -0.39 is 16.1 Å². The minimum atomic E-state index is -2.73. The molecule has 69 heavy (non-hydrogen) atoms. The number of fused-ring (bicyclic) bond motifs is 6. The van der Waals surface area contributed by atoms with Crippen molar-refractivity contribution >= 4 is 74.7 Å². The zero-order valence-corrected chi connectivity index (χ0v) is 40.1. The van der Waals surface area contributed by atoms with Crippen LogP contribution in [0, 0.1) is 0 Å². The van der Waals surface area contributed by atoms with Crippen molar-refractivity contribution in [3.63, 3.8) is 0 Å². The van der Waals surface area contributed by atoms with Crippen molar-refractivity contribution in [3.05, 3.63) is 285 Å². The molecule has 0 aromatic heterocycles. The molecule has 0 unspecified atom stereocenters. The maximum absolute atomic E-state index is 2.73. The summed E-state index contributed by atoms with van der Waals surface area (Å²) in [5.41, 5.74) is 13.6. The van der Waals surface area contributed by atoms with Gasteiger partial charge in [0.1, 0.15) is 0 Å². The highest BCUT2D eigenvalue weighted by Crippen LogP contribution is 2.38. The van der Waals surface area contributed by atoms with E-state index in [9.17, 15) is 0 Å². The van der Waals surface area contributed by atoms with Gasteiger partial charge in [-0.3, -0.25) is 0 Å². The second-order valence-corrected chi connectivity index (χ2v) is 25.8. The van der Waals surface area contributed by atoms with Crippen LogP contribution in [0.4, 0.5) is 17.1 Å². The largest absolute Gasteiger partial charge is 0.311 e. The summed E-state index contributed by atoms with van der Waals surface area (Å²) in [4.78, 5) is 2.45. The van der Waals surface area contributed by atoms with E-state index in [0.29, 0.717) is 0 Å². The van der Waals surface area contributed by atoms with E-state index in [0.717, 1.165) is 17.1 Å². The van der Waals surface area contributed by atoms with Crippen molar-refractivity contribution in [1.29, 1.82) is 0 Å². The molecule has 0 N–H and O–H groups in total. The SMILES string of the molecule is c1ccc(-c2ccc(N(c3ccc(-c4ccc5c(c4)[Si](c4ccccc4)(c4ccccc4)c4ccccc4-5)cc3)c3cccc([Si]4(c5ccccc5)c5ccccc5-c5ccccc54)c3)cc2)cc1. The Kier molecular flexibility index (Phi) is 9.93. The van der Waals surface area contributed by atoms with Gasteiger partial charge in [0.05, 0.1) is 0 Å². The summed E-state index contributed by atoms with van der Waals surface area (Å²) in [6, 6.07) is 107. The maximum atomic E-state index is 2.52. The molecule has 1 nitrogen and oxygen atoms in total. The van der Waals surface area contributed by atoms with Crippen LogP contribution in [0.1, 0.15) is 0 Å². The fraction of sp³-hybridized carbons (Fsp3) is 0. The number of hydrogen-bond acceptors (Lipinski definition) is 1. The third-order valence-electron chi connectivity index (χ3n) is 14.8. The third kappa shape index (κ3) is 6.43. The quantitative estimate of drug-likeness (QED) is 0.130. The number of benzene rings is 11. The monoisotopic (exact) mass is 909 g/mol. The lowest BCUT2D eigenvalue weighted by Crippen LogP contribution is -2.72.